The zero-order chi connectivity index (χ0) is 27.2. The first-order chi connectivity index (χ1) is 19.0. The fraction of sp³-hybridized carbons (Fsp3) is 0.394. The van der Waals surface area contributed by atoms with Crippen LogP contribution >= 0.6 is 0 Å². The molecule has 3 aromatic rings. The second-order valence-electron chi connectivity index (χ2n) is 10.9. The highest BCUT2D eigenvalue weighted by Gasteiger charge is 2.43. The average molecular weight is 525 g/mol. The molecule has 6 nitrogen and oxygen atoms in total. The quantitative estimate of drug-likeness (QED) is 0.483. The van der Waals surface area contributed by atoms with Crippen LogP contribution in [0.4, 0.5) is 0 Å². The van der Waals surface area contributed by atoms with Crippen molar-refractivity contribution < 1.29 is 9.59 Å². The van der Waals surface area contributed by atoms with Crippen molar-refractivity contribution in [3.8, 4) is 0 Å². The van der Waals surface area contributed by atoms with Crippen molar-refractivity contribution in [2.75, 3.05) is 39.3 Å². The fourth-order valence-corrected chi connectivity index (χ4v) is 5.81. The molecule has 0 spiro atoms. The van der Waals surface area contributed by atoms with Crippen LogP contribution in [0, 0.1) is 13.8 Å². The number of carbonyl (C=O) groups is 2. The molecule has 2 aliphatic rings. The molecule has 0 bridgehead atoms. The molecular formula is C33H40N4O2. The Hall–Kier alpha value is -3.48. The Kier molecular flexibility index (Phi) is 8.74. The van der Waals surface area contributed by atoms with Crippen molar-refractivity contribution in [1.29, 1.82) is 0 Å². The zero-order valence-electron chi connectivity index (χ0n) is 23.2. The Morgan fingerprint density at radius 3 is 2.31 bits per heavy atom. The maximum atomic E-state index is 13.8. The minimum Gasteiger partial charge on any atom is -0.338 e. The Bertz CT molecular complexity index is 1250. The largest absolute Gasteiger partial charge is 0.338 e. The number of benzene rings is 3. The summed E-state index contributed by atoms with van der Waals surface area (Å²) in [6, 6.07) is 26.4. The van der Waals surface area contributed by atoms with Gasteiger partial charge in [0.05, 0.1) is 0 Å². The third-order valence-electron chi connectivity index (χ3n) is 8.23. The van der Waals surface area contributed by atoms with Gasteiger partial charge in [0.25, 0.3) is 5.91 Å². The van der Waals surface area contributed by atoms with Gasteiger partial charge in [0.15, 0.2) is 0 Å². The van der Waals surface area contributed by atoms with E-state index in [2.05, 4.69) is 65.7 Å². The van der Waals surface area contributed by atoms with E-state index < -0.39 is 6.04 Å². The zero-order valence-corrected chi connectivity index (χ0v) is 23.2. The molecule has 2 fully saturated rings. The van der Waals surface area contributed by atoms with Gasteiger partial charge in [-0.05, 0) is 55.5 Å². The molecule has 2 atom stereocenters. The second kappa shape index (κ2) is 12.6. The third kappa shape index (κ3) is 6.57. The smallest absolute Gasteiger partial charge is 0.254 e. The highest BCUT2D eigenvalue weighted by Crippen LogP contribution is 2.28. The van der Waals surface area contributed by atoms with Crippen molar-refractivity contribution in [3.05, 3.63) is 107 Å². The summed E-state index contributed by atoms with van der Waals surface area (Å²) in [6.45, 7) is 9.36. The molecule has 2 amide bonds. The van der Waals surface area contributed by atoms with E-state index in [-0.39, 0.29) is 17.9 Å². The lowest BCUT2D eigenvalue weighted by molar-refractivity contribution is -0.135. The number of nitrogens with zero attached hydrogens (tertiary/aromatic N) is 3. The second-order valence-corrected chi connectivity index (χ2v) is 10.9. The molecule has 0 aromatic heterocycles. The van der Waals surface area contributed by atoms with Crippen molar-refractivity contribution in [3.63, 3.8) is 0 Å². The monoisotopic (exact) mass is 524 g/mol. The highest BCUT2D eigenvalue weighted by atomic mass is 16.2. The number of amides is 2. The fourth-order valence-electron chi connectivity index (χ4n) is 5.81. The van der Waals surface area contributed by atoms with Crippen molar-refractivity contribution >= 4 is 11.8 Å². The minimum atomic E-state index is -0.446. The van der Waals surface area contributed by atoms with Gasteiger partial charge in [0, 0.05) is 57.4 Å². The first-order valence-electron chi connectivity index (χ1n) is 14.2. The molecule has 1 N–H and O–H groups in total. The summed E-state index contributed by atoms with van der Waals surface area (Å²) in [6.07, 6.45) is 1.58. The number of hydrogen-bond acceptors (Lipinski definition) is 4. The topological polar surface area (TPSA) is 55.9 Å². The molecule has 0 aliphatic carbocycles. The van der Waals surface area contributed by atoms with E-state index in [1.54, 1.807) is 0 Å². The van der Waals surface area contributed by atoms with E-state index in [0.29, 0.717) is 31.6 Å². The van der Waals surface area contributed by atoms with Gasteiger partial charge in [-0.25, -0.2) is 0 Å². The number of rotatable bonds is 8. The standard InChI is InChI=1S/C33H40N4O2/c1-25-12-14-28(15-13-25)32(38)37-24-30(22-31(37)33(39)35-20-17-34-18-21-35)36(19-16-27-9-4-3-5-10-27)23-29-11-7-6-8-26(29)2/h3-15,30-31,34H,16-24H2,1-2H3. The van der Waals surface area contributed by atoms with Crippen molar-refractivity contribution in [2.24, 2.45) is 0 Å². The first-order valence-corrected chi connectivity index (χ1v) is 14.2. The summed E-state index contributed by atoms with van der Waals surface area (Å²) in [5, 5.41) is 3.33. The van der Waals surface area contributed by atoms with Crippen LogP contribution in [-0.2, 0) is 17.8 Å². The van der Waals surface area contributed by atoms with E-state index in [4.69, 9.17) is 0 Å². The van der Waals surface area contributed by atoms with Gasteiger partial charge in [-0.15, -0.1) is 0 Å². The summed E-state index contributed by atoms with van der Waals surface area (Å²) in [4.78, 5) is 34.0. The van der Waals surface area contributed by atoms with E-state index in [0.717, 1.165) is 38.2 Å². The van der Waals surface area contributed by atoms with Crippen LogP contribution in [0.3, 0.4) is 0 Å². The number of aryl methyl sites for hydroxylation is 2. The van der Waals surface area contributed by atoms with Crippen LogP contribution in [0.25, 0.3) is 0 Å². The normalized spacial score (nSPS) is 19.5. The van der Waals surface area contributed by atoms with Gasteiger partial charge in [-0.3, -0.25) is 14.5 Å². The SMILES string of the molecule is Cc1ccc(C(=O)N2CC(N(CCc3ccccc3)Cc3ccccc3C)CC2C(=O)N2CCNCC2)cc1. The maximum Gasteiger partial charge on any atom is 0.254 e. The van der Waals surface area contributed by atoms with Crippen molar-refractivity contribution in [2.45, 2.75) is 45.3 Å². The average Bonchev–Trinajstić information content (AvgIpc) is 3.42. The predicted octanol–water partition coefficient (Wildman–Crippen LogP) is 4.06. The molecule has 2 aliphatic heterocycles. The van der Waals surface area contributed by atoms with Gasteiger partial charge < -0.3 is 15.1 Å². The Morgan fingerprint density at radius 1 is 0.897 bits per heavy atom. The molecular weight excluding hydrogens is 484 g/mol. The molecule has 2 saturated heterocycles. The lowest BCUT2D eigenvalue weighted by Gasteiger charge is -2.32. The lowest BCUT2D eigenvalue weighted by atomic mass is 10.0. The van der Waals surface area contributed by atoms with E-state index in [1.807, 2.05) is 47.1 Å². The summed E-state index contributed by atoms with van der Waals surface area (Å²) in [5.74, 6) is 0.0308. The Morgan fingerprint density at radius 2 is 1.59 bits per heavy atom. The van der Waals surface area contributed by atoms with Gasteiger partial charge in [0.1, 0.15) is 6.04 Å². The molecule has 204 valence electrons. The maximum absolute atomic E-state index is 13.8. The molecule has 2 unspecified atom stereocenters. The number of hydrogen-bond donors (Lipinski definition) is 1. The highest BCUT2D eigenvalue weighted by molar-refractivity contribution is 5.98. The first kappa shape index (κ1) is 27.1. The third-order valence-corrected chi connectivity index (χ3v) is 8.23. The van der Waals surface area contributed by atoms with Gasteiger partial charge in [0.2, 0.25) is 5.91 Å². The minimum absolute atomic E-state index is 0.0510. The van der Waals surface area contributed by atoms with Crippen LogP contribution < -0.4 is 5.32 Å². The molecule has 3 aromatic carbocycles. The van der Waals surface area contributed by atoms with Crippen molar-refractivity contribution in [1.82, 2.24) is 20.0 Å². The number of piperazine rings is 1. The van der Waals surface area contributed by atoms with Gasteiger partial charge in [-0.2, -0.15) is 0 Å². The summed E-state index contributed by atoms with van der Waals surface area (Å²) in [7, 11) is 0. The number of likely N-dealkylation sites (tertiary alicyclic amines) is 1. The van der Waals surface area contributed by atoms with Crippen LogP contribution in [0.15, 0.2) is 78.9 Å². The Labute approximate surface area is 232 Å². The van der Waals surface area contributed by atoms with Crippen LogP contribution in [0.2, 0.25) is 0 Å². The van der Waals surface area contributed by atoms with Crippen LogP contribution in [-0.4, -0.2) is 77.9 Å². The molecule has 5 rings (SSSR count). The lowest BCUT2D eigenvalue weighted by Crippen LogP contribution is -2.53. The van der Waals surface area contributed by atoms with Crippen LogP contribution in [0.1, 0.15) is 39.0 Å². The summed E-state index contributed by atoms with van der Waals surface area (Å²) in [5.41, 5.74) is 5.62. The van der Waals surface area contributed by atoms with Gasteiger partial charge in [-0.1, -0.05) is 72.3 Å². The van der Waals surface area contributed by atoms with E-state index in [1.165, 1.54) is 16.7 Å². The number of nitrogens with one attached hydrogen (secondary N) is 1. The molecule has 39 heavy (non-hydrogen) atoms. The van der Waals surface area contributed by atoms with Gasteiger partial charge >= 0.3 is 0 Å². The number of carbonyl (C=O) groups excluding carboxylic acids is 2. The molecule has 0 radical (unpaired) electrons. The van der Waals surface area contributed by atoms with Crippen LogP contribution in [0.5, 0.6) is 0 Å². The molecule has 0 saturated carbocycles. The summed E-state index contributed by atoms with van der Waals surface area (Å²) >= 11 is 0. The Balaban J connectivity index is 1.42. The predicted molar refractivity (Wildman–Crippen MR) is 156 cm³/mol. The molecule has 2 heterocycles. The van der Waals surface area contributed by atoms with E-state index >= 15 is 0 Å². The molecule has 6 heteroatoms. The van der Waals surface area contributed by atoms with E-state index in [9.17, 15) is 9.59 Å². The summed E-state index contributed by atoms with van der Waals surface area (Å²) < 4.78 is 0.